The van der Waals surface area contributed by atoms with Crippen LogP contribution in [0.3, 0.4) is 0 Å². The van der Waals surface area contributed by atoms with E-state index >= 15 is 0 Å². The molecule has 1 rings (SSSR count). The van der Waals surface area contributed by atoms with Gasteiger partial charge in [0.05, 0.1) is 6.10 Å². The van der Waals surface area contributed by atoms with E-state index in [9.17, 15) is 0 Å². The molecule has 1 saturated heterocycles. The van der Waals surface area contributed by atoms with Crippen LogP contribution in [0.5, 0.6) is 0 Å². The van der Waals surface area contributed by atoms with Gasteiger partial charge in [-0.15, -0.1) is 12.8 Å². The van der Waals surface area contributed by atoms with Gasteiger partial charge in [0.2, 0.25) is 0 Å². The van der Waals surface area contributed by atoms with Crippen LogP contribution < -0.4 is 0 Å². The number of hydrogen-bond acceptors (Lipinski definition) is 2. The standard InChI is InChI=1S/C7H14O.C2H2.CH4O/c1-6-3-4-8-7(2)5-6;2*1-2/h6-7H,3-5H2,1-2H3;1-2H;2H,1H3/t6-,7-;;/m0../s1. The van der Waals surface area contributed by atoms with Gasteiger partial charge in [0.1, 0.15) is 0 Å². The molecule has 1 aliphatic heterocycles. The van der Waals surface area contributed by atoms with Gasteiger partial charge in [-0.3, -0.25) is 0 Å². The van der Waals surface area contributed by atoms with Crippen molar-refractivity contribution in [2.75, 3.05) is 13.7 Å². The molecule has 1 fully saturated rings. The van der Waals surface area contributed by atoms with Crippen LogP contribution in [0, 0.1) is 18.8 Å². The van der Waals surface area contributed by atoms with Crippen LogP contribution in [0.4, 0.5) is 0 Å². The molecule has 2 nitrogen and oxygen atoms in total. The summed E-state index contributed by atoms with van der Waals surface area (Å²) in [5.41, 5.74) is 0. The van der Waals surface area contributed by atoms with Gasteiger partial charge in [-0.05, 0) is 25.7 Å². The first-order valence-electron chi connectivity index (χ1n) is 4.18. The molecule has 0 bridgehead atoms. The van der Waals surface area contributed by atoms with E-state index in [0.29, 0.717) is 6.10 Å². The molecule has 0 radical (unpaired) electrons. The summed E-state index contributed by atoms with van der Waals surface area (Å²) in [6.07, 6.45) is 11.0. The van der Waals surface area contributed by atoms with E-state index in [4.69, 9.17) is 9.84 Å². The summed E-state index contributed by atoms with van der Waals surface area (Å²) in [6, 6.07) is 0. The summed E-state index contributed by atoms with van der Waals surface area (Å²) >= 11 is 0. The smallest absolute Gasteiger partial charge is 0.0549 e. The van der Waals surface area contributed by atoms with E-state index in [1.165, 1.54) is 12.8 Å². The molecular weight excluding hydrogens is 152 g/mol. The number of rotatable bonds is 0. The highest BCUT2D eigenvalue weighted by Crippen LogP contribution is 2.18. The zero-order valence-electron chi connectivity index (χ0n) is 8.29. The minimum atomic E-state index is 0.513. The lowest BCUT2D eigenvalue weighted by molar-refractivity contribution is 0.00682. The predicted octanol–water partition coefficient (Wildman–Crippen LogP) is 1.68. The van der Waals surface area contributed by atoms with Crippen molar-refractivity contribution in [1.82, 2.24) is 0 Å². The van der Waals surface area contributed by atoms with E-state index in [-0.39, 0.29) is 0 Å². The van der Waals surface area contributed by atoms with Crippen molar-refractivity contribution in [2.45, 2.75) is 32.8 Å². The van der Waals surface area contributed by atoms with Crippen molar-refractivity contribution in [3.8, 4) is 12.8 Å². The quantitative estimate of drug-likeness (QED) is 0.563. The Balaban J connectivity index is 0. The fourth-order valence-electron chi connectivity index (χ4n) is 1.22. The Morgan fingerprint density at radius 2 is 1.75 bits per heavy atom. The van der Waals surface area contributed by atoms with Crippen LogP contribution in [0.2, 0.25) is 0 Å². The summed E-state index contributed by atoms with van der Waals surface area (Å²) in [5, 5.41) is 7.00. The molecule has 2 heteroatoms. The maximum atomic E-state index is 7.00. The number of hydrogen-bond donors (Lipinski definition) is 1. The third-order valence-corrected chi connectivity index (χ3v) is 1.75. The fraction of sp³-hybridized carbons (Fsp3) is 0.800. The van der Waals surface area contributed by atoms with Gasteiger partial charge in [0.15, 0.2) is 0 Å². The summed E-state index contributed by atoms with van der Waals surface area (Å²) in [6.45, 7) is 5.41. The van der Waals surface area contributed by atoms with Crippen LogP contribution in [0.15, 0.2) is 0 Å². The lowest BCUT2D eigenvalue weighted by Crippen LogP contribution is -2.20. The van der Waals surface area contributed by atoms with Crippen molar-refractivity contribution in [1.29, 1.82) is 0 Å². The van der Waals surface area contributed by atoms with Gasteiger partial charge in [0.25, 0.3) is 0 Å². The molecule has 0 aromatic heterocycles. The SMILES string of the molecule is C#C.CO.C[C@H]1CCO[C@@H](C)C1. The van der Waals surface area contributed by atoms with Crippen molar-refractivity contribution < 1.29 is 9.84 Å². The topological polar surface area (TPSA) is 29.5 Å². The van der Waals surface area contributed by atoms with Gasteiger partial charge < -0.3 is 9.84 Å². The summed E-state index contributed by atoms with van der Waals surface area (Å²) in [4.78, 5) is 0. The maximum Gasteiger partial charge on any atom is 0.0549 e. The third-order valence-electron chi connectivity index (χ3n) is 1.75. The molecule has 0 unspecified atom stereocenters. The molecule has 12 heavy (non-hydrogen) atoms. The van der Waals surface area contributed by atoms with Gasteiger partial charge in [-0.25, -0.2) is 0 Å². The van der Waals surface area contributed by atoms with Crippen LogP contribution >= 0.6 is 0 Å². The van der Waals surface area contributed by atoms with Crippen molar-refractivity contribution in [3.05, 3.63) is 0 Å². The third kappa shape index (κ3) is 7.59. The van der Waals surface area contributed by atoms with Crippen molar-refractivity contribution in [2.24, 2.45) is 5.92 Å². The molecule has 1 N–H and O–H groups in total. The molecule has 0 spiro atoms. The largest absolute Gasteiger partial charge is 0.400 e. The number of ether oxygens (including phenoxy) is 1. The van der Waals surface area contributed by atoms with E-state index in [0.717, 1.165) is 19.6 Å². The molecule has 0 aliphatic carbocycles. The molecule has 2 atom stereocenters. The monoisotopic (exact) mass is 172 g/mol. The van der Waals surface area contributed by atoms with Gasteiger partial charge in [-0.1, -0.05) is 6.92 Å². The van der Waals surface area contributed by atoms with E-state index in [1.54, 1.807) is 0 Å². The molecule has 0 aromatic rings. The first kappa shape index (κ1) is 14.0. The second-order valence-corrected chi connectivity index (χ2v) is 2.81. The Bertz CT molecular complexity index is 91.3. The Hall–Kier alpha value is -0.520. The first-order valence-corrected chi connectivity index (χ1v) is 4.18. The molecule has 1 aliphatic rings. The molecule has 0 amide bonds. The zero-order chi connectivity index (χ0) is 9.98. The normalized spacial score (nSPS) is 27.2. The molecule has 1 heterocycles. The molecule has 72 valence electrons. The summed E-state index contributed by atoms with van der Waals surface area (Å²) < 4.78 is 5.35. The van der Waals surface area contributed by atoms with Crippen LogP contribution in [-0.4, -0.2) is 24.9 Å². The average Bonchev–Trinajstić information content (AvgIpc) is 2.11. The summed E-state index contributed by atoms with van der Waals surface area (Å²) in [7, 11) is 1.00. The number of aliphatic hydroxyl groups excluding tert-OH is 1. The second kappa shape index (κ2) is 10.5. The lowest BCUT2D eigenvalue weighted by atomic mass is 9.99. The first-order chi connectivity index (χ1) is 5.79. The zero-order valence-corrected chi connectivity index (χ0v) is 8.29. The van der Waals surface area contributed by atoms with Crippen LogP contribution in [-0.2, 0) is 4.74 Å². The van der Waals surface area contributed by atoms with Gasteiger partial charge in [0, 0.05) is 13.7 Å². The van der Waals surface area contributed by atoms with Crippen LogP contribution in [0.1, 0.15) is 26.7 Å². The Labute approximate surface area is 75.9 Å². The summed E-state index contributed by atoms with van der Waals surface area (Å²) in [5.74, 6) is 0.888. The van der Waals surface area contributed by atoms with Gasteiger partial charge >= 0.3 is 0 Å². The lowest BCUT2D eigenvalue weighted by Gasteiger charge is -2.23. The highest BCUT2D eigenvalue weighted by Gasteiger charge is 2.13. The molecular formula is C10H20O2. The Morgan fingerprint density at radius 3 is 2.00 bits per heavy atom. The van der Waals surface area contributed by atoms with E-state index < -0.39 is 0 Å². The maximum absolute atomic E-state index is 7.00. The second-order valence-electron chi connectivity index (χ2n) is 2.81. The Kier molecular flexibility index (Phi) is 12.3. The fourth-order valence-corrected chi connectivity index (χ4v) is 1.22. The minimum absolute atomic E-state index is 0.513. The number of aliphatic hydroxyl groups is 1. The van der Waals surface area contributed by atoms with Crippen LogP contribution in [0.25, 0.3) is 0 Å². The molecule has 0 aromatic carbocycles. The average molecular weight is 172 g/mol. The van der Waals surface area contributed by atoms with Gasteiger partial charge in [-0.2, -0.15) is 0 Å². The van der Waals surface area contributed by atoms with Crippen molar-refractivity contribution >= 4 is 0 Å². The minimum Gasteiger partial charge on any atom is -0.400 e. The predicted molar refractivity (Wildman–Crippen MR) is 51.8 cm³/mol. The molecule has 0 saturated carbocycles. The highest BCUT2D eigenvalue weighted by molar-refractivity contribution is 4.63. The van der Waals surface area contributed by atoms with Crippen molar-refractivity contribution in [3.63, 3.8) is 0 Å². The highest BCUT2D eigenvalue weighted by atomic mass is 16.5. The van der Waals surface area contributed by atoms with E-state index in [1.807, 2.05) is 0 Å². The number of terminal acetylenes is 1. The Morgan fingerprint density at radius 1 is 1.25 bits per heavy atom. The van der Waals surface area contributed by atoms with E-state index in [2.05, 4.69) is 26.7 Å².